The van der Waals surface area contributed by atoms with Crippen LogP contribution in [-0.2, 0) is 28.2 Å². The molecule has 2 N–H and O–H groups in total. The summed E-state index contributed by atoms with van der Waals surface area (Å²) in [6.07, 6.45) is 44.3. The SMILES string of the molecule is CCCCC/C=C/C/C=C/C/C=C/CCCCCCC(=O)OC[C@H](COP(=O)(O)O)OC(=O)CCCCCCCCCCCCCCCCCC. The van der Waals surface area contributed by atoms with E-state index >= 15 is 0 Å². The topological polar surface area (TPSA) is 119 Å². The van der Waals surface area contributed by atoms with E-state index in [1.807, 2.05) is 0 Å². The fraction of sp³-hybridized carbons (Fsp3) is 0.810. The van der Waals surface area contributed by atoms with E-state index in [0.717, 1.165) is 57.8 Å². The standard InChI is InChI=1S/C42H77O8P/c1-3-5-7-9-11-13-15-17-19-21-23-24-26-28-30-32-34-36-41(43)48-38-40(39-49-51(45,46)47)50-42(44)37-35-33-31-29-27-25-22-20-18-16-14-12-10-8-6-4-2/h11,13,17,19,23-24,40H,3-10,12,14-16,18,20-22,25-39H2,1-2H3,(H2,45,46,47)/b13-11+,19-17+,24-23+/t40-/m1/s1. The van der Waals surface area contributed by atoms with Gasteiger partial charge in [-0.2, -0.15) is 0 Å². The molecule has 0 aromatic rings. The number of hydrogen-bond acceptors (Lipinski definition) is 6. The van der Waals surface area contributed by atoms with Crippen LogP contribution < -0.4 is 0 Å². The smallest absolute Gasteiger partial charge is 0.462 e. The van der Waals surface area contributed by atoms with Crippen molar-refractivity contribution < 1.29 is 37.9 Å². The highest BCUT2D eigenvalue weighted by molar-refractivity contribution is 7.46. The van der Waals surface area contributed by atoms with Crippen molar-refractivity contribution in [3.8, 4) is 0 Å². The van der Waals surface area contributed by atoms with Gasteiger partial charge in [0.05, 0.1) is 6.61 Å². The Morgan fingerprint density at radius 1 is 0.510 bits per heavy atom. The molecule has 0 spiro atoms. The van der Waals surface area contributed by atoms with Crippen LogP contribution >= 0.6 is 7.82 Å². The van der Waals surface area contributed by atoms with Crippen LogP contribution in [-0.4, -0.2) is 41.0 Å². The molecule has 0 saturated heterocycles. The largest absolute Gasteiger partial charge is 0.469 e. The molecule has 0 fully saturated rings. The van der Waals surface area contributed by atoms with Gasteiger partial charge in [0.2, 0.25) is 0 Å². The van der Waals surface area contributed by atoms with Crippen molar-refractivity contribution in [3.63, 3.8) is 0 Å². The van der Waals surface area contributed by atoms with Gasteiger partial charge in [0.25, 0.3) is 0 Å². The number of phosphoric ester groups is 1. The Balaban J connectivity index is 3.95. The summed E-state index contributed by atoms with van der Waals surface area (Å²) in [5, 5.41) is 0. The summed E-state index contributed by atoms with van der Waals surface area (Å²) >= 11 is 0. The minimum absolute atomic E-state index is 0.210. The number of ether oxygens (including phenoxy) is 2. The second-order valence-electron chi connectivity index (χ2n) is 14.0. The van der Waals surface area contributed by atoms with E-state index in [9.17, 15) is 14.2 Å². The molecule has 0 aliphatic rings. The number of rotatable bonds is 38. The second kappa shape index (κ2) is 38.0. The summed E-state index contributed by atoms with van der Waals surface area (Å²) in [6.45, 7) is 3.65. The van der Waals surface area contributed by atoms with Gasteiger partial charge in [-0.25, -0.2) is 4.57 Å². The Morgan fingerprint density at radius 2 is 0.882 bits per heavy atom. The number of phosphoric acid groups is 1. The fourth-order valence-corrected chi connectivity index (χ4v) is 6.15. The first kappa shape index (κ1) is 49.3. The molecule has 0 aromatic heterocycles. The maximum Gasteiger partial charge on any atom is 0.469 e. The third kappa shape index (κ3) is 40.9. The summed E-state index contributed by atoms with van der Waals surface area (Å²) in [6, 6.07) is 0. The van der Waals surface area contributed by atoms with E-state index < -0.39 is 32.5 Å². The molecular formula is C42H77O8P. The van der Waals surface area contributed by atoms with Crippen LogP contribution in [0, 0.1) is 0 Å². The Kier molecular flexibility index (Phi) is 36.7. The quantitative estimate of drug-likeness (QED) is 0.0278. The van der Waals surface area contributed by atoms with Crippen molar-refractivity contribution >= 4 is 19.8 Å². The predicted molar refractivity (Wildman–Crippen MR) is 211 cm³/mol. The third-order valence-corrected chi connectivity index (χ3v) is 9.40. The van der Waals surface area contributed by atoms with Crippen molar-refractivity contribution in [2.75, 3.05) is 13.2 Å². The van der Waals surface area contributed by atoms with Crippen LogP contribution in [0.3, 0.4) is 0 Å². The lowest BCUT2D eigenvalue weighted by Crippen LogP contribution is -2.29. The number of esters is 2. The molecular weight excluding hydrogens is 663 g/mol. The Labute approximate surface area is 312 Å². The number of carbonyl (C=O) groups is 2. The second-order valence-corrected chi connectivity index (χ2v) is 15.2. The summed E-state index contributed by atoms with van der Waals surface area (Å²) < 4.78 is 26.4. The average molecular weight is 741 g/mol. The van der Waals surface area contributed by atoms with Crippen LogP contribution in [0.25, 0.3) is 0 Å². The van der Waals surface area contributed by atoms with Gasteiger partial charge in [0, 0.05) is 12.8 Å². The molecule has 0 saturated carbocycles. The van der Waals surface area contributed by atoms with Crippen LogP contribution in [0.5, 0.6) is 0 Å². The molecule has 51 heavy (non-hydrogen) atoms. The van der Waals surface area contributed by atoms with E-state index in [1.54, 1.807) is 0 Å². The highest BCUT2D eigenvalue weighted by atomic mass is 31.2. The van der Waals surface area contributed by atoms with Gasteiger partial charge >= 0.3 is 19.8 Å². The maximum atomic E-state index is 12.4. The summed E-state index contributed by atoms with van der Waals surface area (Å²) in [7, 11) is -4.76. The number of carbonyl (C=O) groups excluding carboxylic acids is 2. The minimum atomic E-state index is -4.76. The Hall–Kier alpha value is -1.73. The van der Waals surface area contributed by atoms with Crippen LogP contribution in [0.15, 0.2) is 36.5 Å². The predicted octanol–water partition coefficient (Wildman–Crippen LogP) is 12.6. The van der Waals surface area contributed by atoms with Gasteiger partial charge in [0.1, 0.15) is 6.61 Å². The molecule has 0 aromatic carbocycles. The van der Waals surface area contributed by atoms with E-state index in [-0.39, 0.29) is 19.4 Å². The Bertz CT molecular complexity index is 926. The first-order valence-electron chi connectivity index (χ1n) is 20.8. The molecule has 0 aliphatic carbocycles. The van der Waals surface area contributed by atoms with E-state index in [1.165, 1.54) is 103 Å². The van der Waals surface area contributed by atoms with E-state index in [2.05, 4.69) is 54.8 Å². The molecule has 0 bridgehead atoms. The van der Waals surface area contributed by atoms with Gasteiger partial charge in [-0.05, 0) is 51.4 Å². The molecule has 8 nitrogen and oxygen atoms in total. The van der Waals surface area contributed by atoms with Crippen LogP contribution in [0.1, 0.15) is 200 Å². The van der Waals surface area contributed by atoms with Gasteiger partial charge in [0.15, 0.2) is 6.10 Å². The third-order valence-electron chi connectivity index (χ3n) is 8.91. The van der Waals surface area contributed by atoms with Gasteiger partial charge in [-0.1, -0.05) is 172 Å². The first-order chi connectivity index (χ1) is 24.8. The number of allylic oxidation sites excluding steroid dienone is 6. The van der Waals surface area contributed by atoms with Gasteiger partial charge in [-0.3, -0.25) is 14.1 Å². The van der Waals surface area contributed by atoms with Crippen LogP contribution in [0.4, 0.5) is 0 Å². The van der Waals surface area contributed by atoms with Crippen molar-refractivity contribution in [2.45, 2.75) is 206 Å². The monoisotopic (exact) mass is 741 g/mol. The molecule has 0 rings (SSSR count). The van der Waals surface area contributed by atoms with Crippen molar-refractivity contribution in [1.29, 1.82) is 0 Å². The number of unbranched alkanes of at least 4 members (excludes halogenated alkanes) is 22. The minimum Gasteiger partial charge on any atom is -0.462 e. The molecule has 0 heterocycles. The summed E-state index contributed by atoms with van der Waals surface area (Å²) in [4.78, 5) is 42.8. The van der Waals surface area contributed by atoms with E-state index in [0.29, 0.717) is 12.8 Å². The zero-order chi connectivity index (χ0) is 37.5. The molecule has 1 atom stereocenters. The van der Waals surface area contributed by atoms with Crippen molar-refractivity contribution in [2.24, 2.45) is 0 Å². The summed E-state index contributed by atoms with van der Waals surface area (Å²) in [5.74, 6) is -0.904. The molecule has 0 aliphatic heterocycles. The first-order valence-corrected chi connectivity index (χ1v) is 22.3. The van der Waals surface area contributed by atoms with E-state index in [4.69, 9.17) is 19.3 Å². The Morgan fingerprint density at radius 3 is 1.35 bits per heavy atom. The molecule has 298 valence electrons. The molecule has 0 radical (unpaired) electrons. The molecule has 9 heteroatoms. The zero-order valence-corrected chi connectivity index (χ0v) is 33.6. The van der Waals surface area contributed by atoms with Gasteiger partial charge < -0.3 is 19.3 Å². The zero-order valence-electron chi connectivity index (χ0n) is 32.8. The number of hydrogen-bond donors (Lipinski definition) is 2. The molecule has 0 amide bonds. The maximum absolute atomic E-state index is 12.4. The van der Waals surface area contributed by atoms with Gasteiger partial charge in [-0.15, -0.1) is 0 Å². The summed E-state index contributed by atoms with van der Waals surface area (Å²) in [5.41, 5.74) is 0. The fourth-order valence-electron chi connectivity index (χ4n) is 5.79. The van der Waals surface area contributed by atoms with Crippen molar-refractivity contribution in [1.82, 2.24) is 0 Å². The highest BCUT2D eigenvalue weighted by Gasteiger charge is 2.22. The lowest BCUT2D eigenvalue weighted by molar-refractivity contribution is -0.161. The highest BCUT2D eigenvalue weighted by Crippen LogP contribution is 2.36. The lowest BCUT2D eigenvalue weighted by atomic mass is 10.0. The normalized spacial score (nSPS) is 12.8. The lowest BCUT2D eigenvalue weighted by Gasteiger charge is -2.18. The molecule has 0 unspecified atom stereocenters. The van der Waals surface area contributed by atoms with Crippen LogP contribution in [0.2, 0.25) is 0 Å². The average Bonchev–Trinajstić information content (AvgIpc) is 3.10. The van der Waals surface area contributed by atoms with Crippen molar-refractivity contribution in [3.05, 3.63) is 36.5 Å².